The van der Waals surface area contributed by atoms with Gasteiger partial charge in [-0.05, 0) is 25.1 Å². The molecule has 0 unspecified atom stereocenters. The summed E-state index contributed by atoms with van der Waals surface area (Å²) >= 11 is 5.70. The SMILES string of the molecule is C/C(=C\c1c(F)cccc1Cl)C(=O)O. The highest BCUT2D eigenvalue weighted by molar-refractivity contribution is 6.32. The quantitative estimate of drug-likeness (QED) is 0.769. The molecule has 1 N–H and O–H groups in total. The van der Waals surface area contributed by atoms with Crippen molar-refractivity contribution in [2.45, 2.75) is 6.92 Å². The van der Waals surface area contributed by atoms with Crippen LogP contribution in [0.15, 0.2) is 23.8 Å². The van der Waals surface area contributed by atoms with Gasteiger partial charge in [0.2, 0.25) is 0 Å². The molecule has 0 aliphatic rings. The number of carboxylic acid groups (broad SMARTS) is 1. The Kier molecular flexibility index (Phi) is 3.25. The van der Waals surface area contributed by atoms with Crippen molar-refractivity contribution >= 4 is 23.6 Å². The summed E-state index contributed by atoms with van der Waals surface area (Å²) in [6.07, 6.45) is 1.21. The van der Waals surface area contributed by atoms with Crippen LogP contribution in [0.4, 0.5) is 4.39 Å². The van der Waals surface area contributed by atoms with E-state index in [4.69, 9.17) is 16.7 Å². The summed E-state index contributed by atoms with van der Waals surface area (Å²) < 4.78 is 13.2. The molecular weight excluding hydrogens is 207 g/mol. The zero-order valence-electron chi connectivity index (χ0n) is 7.42. The van der Waals surface area contributed by atoms with E-state index in [1.165, 1.54) is 31.2 Å². The molecule has 0 saturated heterocycles. The van der Waals surface area contributed by atoms with Crippen LogP contribution in [0.1, 0.15) is 12.5 Å². The number of benzene rings is 1. The second-order valence-corrected chi connectivity index (χ2v) is 3.18. The fourth-order valence-electron chi connectivity index (χ4n) is 0.927. The zero-order valence-corrected chi connectivity index (χ0v) is 8.18. The second kappa shape index (κ2) is 4.24. The van der Waals surface area contributed by atoms with Gasteiger partial charge in [-0.15, -0.1) is 0 Å². The third-order valence-corrected chi connectivity index (χ3v) is 2.03. The van der Waals surface area contributed by atoms with E-state index in [0.717, 1.165) is 0 Å². The summed E-state index contributed by atoms with van der Waals surface area (Å²) in [4.78, 5) is 10.5. The van der Waals surface area contributed by atoms with Gasteiger partial charge in [0, 0.05) is 11.1 Å². The first-order valence-electron chi connectivity index (χ1n) is 3.88. The molecule has 0 radical (unpaired) electrons. The Balaban J connectivity index is 3.20. The first kappa shape index (κ1) is 10.7. The largest absolute Gasteiger partial charge is 0.478 e. The van der Waals surface area contributed by atoms with Gasteiger partial charge in [0.15, 0.2) is 0 Å². The molecular formula is C10H8ClFO2. The smallest absolute Gasteiger partial charge is 0.331 e. The lowest BCUT2D eigenvalue weighted by atomic mass is 10.1. The third-order valence-electron chi connectivity index (χ3n) is 1.70. The number of carboxylic acids is 1. The lowest BCUT2D eigenvalue weighted by Crippen LogP contribution is -1.96. The van der Waals surface area contributed by atoms with Crippen LogP contribution in [0, 0.1) is 5.82 Å². The van der Waals surface area contributed by atoms with Crippen molar-refractivity contribution < 1.29 is 14.3 Å². The van der Waals surface area contributed by atoms with E-state index in [2.05, 4.69) is 0 Å². The Morgan fingerprint density at radius 2 is 2.21 bits per heavy atom. The predicted octanol–water partition coefficient (Wildman–Crippen LogP) is 2.97. The maximum atomic E-state index is 13.2. The van der Waals surface area contributed by atoms with E-state index in [0.29, 0.717) is 0 Å². The molecule has 14 heavy (non-hydrogen) atoms. The lowest BCUT2D eigenvalue weighted by Gasteiger charge is -2.00. The molecule has 1 aromatic rings. The van der Waals surface area contributed by atoms with Gasteiger partial charge in [0.1, 0.15) is 5.82 Å². The highest BCUT2D eigenvalue weighted by atomic mass is 35.5. The van der Waals surface area contributed by atoms with E-state index >= 15 is 0 Å². The summed E-state index contributed by atoms with van der Waals surface area (Å²) in [5, 5.41) is 8.79. The monoisotopic (exact) mass is 214 g/mol. The average Bonchev–Trinajstić information content (AvgIpc) is 2.11. The molecule has 0 fully saturated rings. The van der Waals surface area contributed by atoms with Crippen LogP contribution in [-0.2, 0) is 4.79 Å². The standard InChI is InChI=1S/C10H8ClFO2/c1-6(10(13)14)5-7-8(11)3-2-4-9(7)12/h2-5H,1H3,(H,13,14)/b6-5+. The van der Waals surface area contributed by atoms with Crippen LogP contribution >= 0.6 is 11.6 Å². The van der Waals surface area contributed by atoms with Crippen molar-refractivity contribution in [2.24, 2.45) is 0 Å². The normalized spacial score (nSPS) is 11.5. The summed E-state index contributed by atoms with van der Waals surface area (Å²) in [6, 6.07) is 4.20. The molecule has 0 aliphatic carbocycles. The predicted molar refractivity (Wildman–Crippen MR) is 52.7 cm³/mol. The Hall–Kier alpha value is -1.35. The zero-order chi connectivity index (χ0) is 10.7. The van der Waals surface area contributed by atoms with Crippen LogP contribution in [0.3, 0.4) is 0 Å². The van der Waals surface area contributed by atoms with Crippen molar-refractivity contribution in [1.29, 1.82) is 0 Å². The van der Waals surface area contributed by atoms with E-state index in [-0.39, 0.29) is 16.2 Å². The molecule has 0 bridgehead atoms. The maximum Gasteiger partial charge on any atom is 0.331 e. The van der Waals surface area contributed by atoms with Crippen LogP contribution in [0.25, 0.3) is 6.08 Å². The van der Waals surface area contributed by atoms with Gasteiger partial charge in [-0.25, -0.2) is 9.18 Å². The molecule has 0 heterocycles. The Morgan fingerprint density at radius 3 is 2.71 bits per heavy atom. The van der Waals surface area contributed by atoms with E-state index in [9.17, 15) is 9.18 Å². The number of aliphatic carboxylic acids is 1. The summed E-state index contributed by atoms with van der Waals surface area (Å²) in [6.45, 7) is 1.38. The van der Waals surface area contributed by atoms with Gasteiger partial charge >= 0.3 is 5.97 Å². The second-order valence-electron chi connectivity index (χ2n) is 2.77. The molecule has 1 rings (SSSR count). The number of hydrogen-bond donors (Lipinski definition) is 1. The molecule has 0 atom stereocenters. The maximum absolute atomic E-state index is 13.2. The molecule has 1 aromatic carbocycles. The van der Waals surface area contributed by atoms with Crippen LogP contribution < -0.4 is 0 Å². The minimum atomic E-state index is -1.09. The van der Waals surface area contributed by atoms with Crippen LogP contribution in [0.5, 0.6) is 0 Å². The Bertz CT molecular complexity index is 379. The number of rotatable bonds is 2. The van der Waals surface area contributed by atoms with Crippen molar-refractivity contribution in [3.63, 3.8) is 0 Å². The summed E-state index contributed by atoms with van der Waals surface area (Å²) in [5.74, 6) is -1.62. The van der Waals surface area contributed by atoms with E-state index in [1.54, 1.807) is 0 Å². The molecule has 0 amide bonds. The number of hydrogen-bond acceptors (Lipinski definition) is 1. The molecule has 0 aromatic heterocycles. The average molecular weight is 215 g/mol. The van der Waals surface area contributed by atoms with Crippen molar-refractivity contribution in [3.05, 3.63) is 40.2 Å². The first-order chi connectivity index (χ1) is 6.52. The third kappa shape index (κ3) is 2.33. The topological polar surface area (TPSA) is 37.3 Å². The van der Waals surface area contributed by atoms with Gasteiger partial charge in [-0.1, -0.05) is 17.7 Å². The van der Waals surface area contributed by atoms with Crippen molar-refractivity contribution in [3.8, 4) is 0 Å². The first-order valence-corrected chi connectivity index (χ1v) is 4.26. The van der Waals surface area contributed by atoms with Gasteiger partial charge in [0.25, 0.3) is 0 Å². The minimum absolute atomic E-state index is 0.0389. The Morgan fingerprint density at radius 1 is 1.57 bits per heavy atom. The molecule has 4 heteroatoms. The van der Waals surface area contributed by atoms with Gasteiger partial charge in [-0.3, -0.25) is 0 Å². The van der Waals surface area contributed by atoms with Crippen molar-refractivity contribution in [1.82, 2.24) is 0 Å². The van der Waals surface area contributed by atoms with Gasteiger partial charge in [-0.2, -0.15) is 0 Å². The van der Waals surface area contributed by atoms with Crippen molar-refractivity contribution in [2.75, 3.05) is 0 Å². The van der Waals surface area contributed by atoms with Crippen LogP contribution in [-0.4, -0.2) is 11.1 Å². The van der Waals surface area contributed by atoms with E-state index in [1.807, 2.05) is 0 Å². The highest BCUT2D eigenvalue weighted by Crippen LogP contribution is 2.21. The fourth-order valence-corrected chi connectivity index (χ4v) is 1.14. The van der Waals surface area contributed by atoms with Gasteiger partial charge < -0.3 is 5.11 Å². The van der Waals surface area contributed by atoms with Crippen LogP contribution in [0.2, 0.25) is 5.02 Å². The molecule has 0 aliphatic heterocycles. The molecule has 0 spiro atoms. The highest BCUT2D eigenvalue weighted by Gasteiger charge is 2.06. The van der Waals surface area contributed by atoms with E-state index < -0.39 is 11.8 Å². The number of halogens is 2. The fraction of sp³-hybridized carbons (Fsp3) is 0.100. The summed E-state index contributed by atoms with van der Waals surface area (Å²) in [7, 11) is 0. The molecule has 0 saturated carbocycles. The number of carbonyl (C=O) groups is 1. The summed E-state index contributed by atoms with van der Waals surface area (Å²) in [5.41, 5.74) is 0.145. The minimum Gasteiger partial charge on any atom is -0.478 e. The lowest BCUT2D eigenvalue weighted by molar-refractivity contribution is -0.132. The molecule has 74 valence electrons. The molecule has 2 nitrogen and oxygen atoms in total. The Labute approximate surface area is 85.6 Å². The van der Waals surface area contributed by atoms with Gasteiger partial charge in [0.05, 0.1) is 5.02 Å².